The van der Waals surface area contributed by atoms with Crippen LogP contribution >= 0.6 is 11.3 Å². The number of hydrogen-bond donors (Lipinski definition) is 1. The summed E-state index contributed by atoms with van der Waals surface area (Å²) >= 11 is 0.985. The van der Waals surface area contributed by atoms with Gasteiger partial charge in [0.15, 0.2) is 0 Å². The van der Waals surface area contributed by atoms with Gasteiger partial charge in [-0.3, -0.25) is 4.68 Å². The number of anilines is 1. The zero-order chi connectivity index (χ0) is 25.5. The first-order valence-corrected chi connectivity index (χ1v) is 12.5. The Bertz CT molecular complexity index is 1400. The van der Waals surface area contributed by atoms with Crippen molar-refractivity contribution >= 4 is 27.3 Å². The highest BCUT2D eigenvalue weighted by atomic mass is 32.2. The van der Waals surface area contributed by atoms with Crippen LogP contribution in [0.3, 0.4) is 0 Å². The summed E-state index contributed by atoms with van der Waals surface area (Å²) in [6, 6.07) is 2.32. The van der Waals surface area contributed by atoms with Gasteiger partial charge in [0.2, 0.25) is 16.0 Å². The van der Waals surface area contributed by atoms with Gasteiger partial charge >= 0.3 is 6.18 Å². The van der Waals surface area contributed by atoms with E-state index in [4.69, 9.17) is 5.26 Å². The van der Waals surface area contributed by atoms with Crippen LogP contribution in [0.15, 0.2) is 29.6 Å². The topological polar surface area (TPSA) is 117 Å². The summed E-state index contributed by atoms with van der Waals surface area (Å²) in [6.07, 6.45) is -3.27. The van der Waals surface area contributed by atoms with Crippen LogP contribution in [0.1, 0.15) is 22.4 Å². The molecule has 0 spiro atoms. The van der Waals surface area contributed by atoms with Gasteiger partial charge in [-0.15, -0.1) is 11.3 Å². The average Bonchev–Trinajstić information content (AvgIpc) is 3.40. The third-order valence-corrected chi connectivity index (χ3v) is 8.38. The van der Waals surface area contributed by atoms with E-state index in [2.05, 4.69) is 20.4 Å². The van der Waals surface area contributed by atoms with Gasteiger partial charge in [0.1, 0.15) is 22.7 Å². The third kappa shape index (κ3) is 5.00. The van der Waals surface area contributed by atoms with Gasteiger partial charge < -0.3 is 5.32 Å². The summed E-state index contributed by atoms with van der Waals surface area (Å²) in [5, 5.41) is 15.7. The van der Waals surface area contributed by atoms with Crippen molar-refractivity contribution in [2.45, 2.75) is 36.6 Å². The molecule has 3 aromatic heterocycles. The molecule has 4 rings (SSSR count). The fraction of sp³-hybridized carbons (Fsp3) is 0.400. The maximum Gasteiger partial charge on any atom is 0.420 e. The predicted octanol–water partition coefficient (Wildman–Crippen LogP) is 3.35. The average molecular weight is 530 g/mol. The van der Waals surface area contributed by atoms with Crippen LogP contribution < -0.4 is 5.32 Å². The molecule has 0 radical (unpaired) electrons. The Hall–Kier alpha value is -3.09. The lowest BCUT2D eigenvalue weighted by molar-refractivity contribution is -0.137. The number of piperidine rings is 1. The number of nitriles is 1. The number of aryl methyl sites for hydroxylation is 2. The quantitative estimate of drug-likeness (QED) is 0.504. The standard InChI is InChI=1S/C20H19F4N7O2S2/c1-11-12(6-25)5-17(34-11)18-14(20(22,23)24)8-26-19(29-18)28-16-3-4-31(10-15(16)21)35(32,33)13-7-27-30(2)9-13/h5,7-9,15-16H,3-4,10H2,1-2H3,(H,26,28,29)/t15-,16-/m1/s1. The summed E-state index contributed by atoms with van der Waals surface area (Å²) < 4.78 is 83.5. The molecule has 15 heteroatoms. The lowest BCUT2D eigenvalue weighted by atomic mass is 10.1. The van der Waals surface area contributed by atoms with Gasteiger partial charge in [-0.2, -0.15) is 27.8 Å². The minimum atomic E-state index is -4.74. The third-order valence-electron chi connectivity index (χ3n) is 5.50. The van der Waals surface area contributed by atoms with E-state index in [0.717, 1.165) is 15.6 Å². The van der Waals surface area contributed by atoms with E-state index >= 15 is 0 Å². The molecule has 4 heterocycles. The first kappa shape index (κ1) is 25.0. The van der Waals surface area contributed by atoms with Crippen molar-refractivity contribution in [3.8, 4) is 16.6 Å². The highest BCUT2D eigenvalue weighted by Crippen LogP contribution is 2.39. The van der Waals surface area contributed by atoms with E-state index in [1.54, 1.807) is 14.0 Å². The van der Waals surface area contributed by atoms with Gasteiger partial charge in [-0.25, -0.2) is 22.8 Å². The van der Waals surface area contributed by atoms with Crippen molar-refractivity contribution < 1.29 is 26.0 Å². The molecule has 186 valence electrons. The van der Waals surface area contributed by atoms with Crippen LogP contribution in [-0.4, -0.2) is 57.8 Å². The molecule has 0 aromatic carbocycles. The van der Waals surface area contributed by atoms with Crippen LogP contribution in [0.2, 0.25) is 0 Å². The second-order valence-electron chi connectivity index (χ2n) is 7.91. The van der Waals surface area contributed by atoms with Crippen LogP contribution in [-0.2, 0) is 23.2 Å². The number of nitrogens with zero attached hydrogens (tertiary/aromatic N) is 6. The maximum atomic E-state index is 15.0. The van der Waals surface area contributed by atoms with Crippen molar-refractivity contribution in [1.29, 1.82) is 5.26 Å². The molecule has 1 fully saturated rings. The maximum absolute atomic E-state index is 15.0. The van der Waals surface area contributed by atoms with Gasteiger partial charge in [-0.1, -0.05) is 0 Å². The zero-order valence-electron chi connectivity index (χ0n) is 18.4. The fourth-order valence-corrected chi connectivity index (χ4v) is 6.08. The number of sulfonamides is 1. The Labute approximate surface area is 202 Å². The van der Waals surface area contributed by atoms with Gasteiger partial charge in [0.25, 0.3) is 0 Å². The monoisotopic (exact) mass is 529 g/mol. The molecular weight excluding hydrogens is 510 g/mol. The van der Waals surface area contributed by atoms with E-state index in [-0.39, 0.29) is 34.2 Å². The first-order chi connectivity index (χ1) is 16.4. The minimum Gasteiger partial charge on any atom is -0.348 e. The summed E-state index contributed by atoms with van der Waals surface area (Å²) in [5.41, 5.74) is -1.27. The highest BCUT2D eigenvalue weighted by molar-refractivity contribution is 7.89. The Balaban J connectivity index is 1.56. The van der Waals surface area contributed by atoms with Crippen LogP contribution in [0, 0.1) is 18.3 Å². The largest absolute Gasteiger partial charge is 0.420 e. The van der Waals surface area contributed by atoms with Crippen LogP contribution in [0.4, 0.5) is 23.5 Å². The van der Waals surface area contributed by atoms with Crippen molar-refractivity contribution in [3.05, 3.63) is 40.7 Å². The Kier molecular flexibility index (Phi) is 6.56. The van der Waals surface area contributed by atoms with Crippen molar-refractivity contribution in [2.75, 3.05) is 18.4 Å². The van der Waals surface area contributed by atoms with Gasteiger partial charge in [0.05, 0.1) is 28.4 Å². The summed E-state index contributed by atoms with van der Waals surface area (Å²) in [5.74, 6) is -0.228. The van der Waals surface area contributed by atoms with Crippen molar-refractivity contribution in [3.63, 3.8) is 0 Å². The molecule has 0 aliphatic carbocycles. The fourth-order valence-electron chi connectivity index (χ4n) is 3.66. The van der Waals surface area contributed by atoms with E-state index in [1.165, 1.54) is 23.1 Å². The molecule has 2 atom stereocenters. The molecule has 0 unspecified atom stereocenters. The molecule has 1 N–H and O–H groups in total. The number of nitrogens with one attached hydrogen (secondary N) is 1. The molecule has 0 saturated carbocycles. The van der Waals surface area contributed by atoms with Gasteiger partial charge in [0, 0.05) is 37.4 Å². The number of rotatable bonds is 5. The smallest absolute Gasteiger partial charge is 0.348 e. The number of thiophene rings is 1. The van der Waals surface area contributed by atoms with E-state index in [1.807, 2.05) is 6.07 Å². The molecular formula is C20H19F4N7O2S2. The molecule has 1 aliphatic heterocycles. The van der Waals surface area contributed by atoms with Crippen molar-refractivity contribution in [2.24, 2.45) is 7.05 Å². The van der Waals surface area contributed by atoms with Gasteiger partial charge in [-0.05, 0) is 19.4 Å². The molecule has 9 nitrogen and oxygen atoms in total. The second-order valence-corrected chi connectivity index (χ2v) is 11.1. The number of alkyl halides is 4. The van der Waals surface area contributed by atoms with Crippen molar-refractivity contribution in [1.82, 2.24) is 24.1 Å². The highest BCUT2D eigenvalue weighted by Gasteiger charge is 2.38. The summed E-state index contributed by atoms with van der Waals surface area (Å²) in [4.78, 5) is 8.32. The van der Waals surface area contributed by atoms with Crippen LogP contribution in [0.25, 0.3) is 10.6 Å². The van der Waals surface area contributed by atoms with E-state index < -0.39 is 46.2 Å². The van der Waals surface area contributed by atoms with E-state index in [0.29, 0.717) is 11.1 Å². The SMILES string of the molecule is Cc1sc(-c2nc(N[C@@H]3CCN(S(=O)(=O)c4cnn(C)c4)C[C@H]3F)ncc2C(F)(F)F)cc1C#N. The molecule has 0 bridgehead atoms. The van der Waals surface area contributed by atoms with Crippen LogP contribution in [0.5, 0.6) is 0 Å². The molecule has 35 heavy (non-hydrogen) atoms. The lowest BCUT2D eigenvalue weighted by Gasteiger charge is -2.34. The molecule has 1 aliphatic rings. The molecule has 0 amide bonds. The molecule has 1 saturated heterocycles. The summed E-state index contributed by atoms with van der Waals surface area (Å²) in [7, 11) is -2.38. The first-order valence-electron chi connectivity index (χ1n) is 10.2. The molecule has 3 aromatic rings. The second kappa shape index (κ2) is 9.17. The number of aromatic nitrogens is 4. The Morgan fingerprint density at radius 3 is 2.63 bits per heavy atom. The lowest BCUT2D eigenvalue weighted by Crippen LogP contribution is -2.50. The number of halogens is 4. The predicted molar refractivity (Wildman–Crippen MR) is 119 cm³/mol. The minimum absolute atomic E-state index is 0.0154. The summed E-state index contributed by atoms with van der Waals surface area (Å²) in [6.45, 7) is 1.15. The normalized spacial score (nSPS) is 19.5. The Morgan fingerprint density at radius 1 is 1.31 bits per heavy atom. The number of hydrogen-bond acceptors (Lipinski definition) is 8. The van der Waals surface area contributed by atoms with E-state index in [9.17, 15) is 26.0 Å². The Morgan fingerprint density at radius 2 is 2.06 bits per heavy atom. The zero-order valence-corrected chi connectivity index (χ0v) is 20.0.